The second kappa shape index (κ2) is 3.91. The van der Waals surface area contributed by atoms with Crippen molar-refractivity contribution in [2.24, 2.45) is 0 Å². The molecule has 1 aliphatic rings. The van der Waals surface area contributed by atoms with Gasteiger partial charge < -0.3 is 15.2 Å². The summed E-state index contributed by atoms with van der Waals surface area (Å²) in [5, 5.41) is 12.1. The van der Waals surface area contributed by atoms with Gasteiger partial charge in [0.1, 0.15) is 6.61 Å². The average molecular weight is 181 g/mol. The molecule has 0 aliphatic carbocycles. The third-order valence-corrected chi connectivity index (χ3v) is 1.49. The molecule has 0 saturated heterocycles. The minimum absolute atomic E-state index is 0.0837. The highest BCUT2D eigenvalue weighted by molar-refractivity contribution is 5.81. The Morgan fingerprint density at radius 3 is 3.00 bits per heavy atom. The topological polar surface area (TPSA) is 58.6 Å². The Morgan fingerprint density at radius 2 is 2.46 bits per heavy atom. The molecule has 0 spiro atoms. The van der Waals surface area contributed by atoms with Gasteiger partial charge in [-0.05, 0) is 18.4 Å². The second-order valence-electron chi connectivity index (χ2n) is 2.52. The number of dihydropyridines is 1. The van der Waals surface area contributed by atoms with Crippen molar-refractivity contribution >= 4 is 5.97 Å². The van der Waals surface area contributed by atoms with Gasteiger partial charge in [0.05, 0.1) is 0 Å². The van der Waals surface area contributed by atoms with Crippen LogP contribution in [0.15, 0.2) is 37.1 Å². The van der Waals surface area contributed by atoms with Crippen molar-refractivity contribution in [3.8, 4) is 0 Å². The van der Waals surface area contributed by atoms with E-state index in [1.807, 2.05) is 0 Å². The van der Waals surface area contributed by atoms with Gasteiger partial charge in [0.15, 0.2) is 0 Å². The first-order chi connectivity index (χ1) is 6.19. The van der Waals surface area contributed by atoms with Crippen LogP contribution in [0.5, 0.6) is 0 Å². The number of rotatable bonds is 3. The van der Waals surface area contributed by atoms with Crippen molar-refractivity contribution < 1.29 is 14.6 Å². The zero-order valence-electron chi connectivity index (χ0n) is 7.06. The maximum atomic E-state index is 11.2. The van der Waals surface area contributed by atoms with Gasteiger partial charge in [-0.1, -0.05) is 18.7 Å². The molecule has 1 heterocycles. The van der Waals surface area contributed by atoms with Gasteiger partial charge in [-0.25, -0.2) is 4.79 Å². The summed E-state index contributed by atoms with van der Waals surface area (Å²) < 4.78 is 4.68. The average Bonchev–Trinajstić information content (AvgIpc) is 2.15. The molecular weight excluding hydrogens is 170 g/mol. The number of carbonyl (C=O) groups excluding carboxylic acids is 1. The number of aliphatic hydroxyl groups is 1. The van der Waals surface area contributed by atoms with E-state index in [0.717, 1.165) is 0 Å². The summed E-state index contributed by atoms with van der Waals surface area (Å²) in [5.41, 5.74) is -1.74. The number of nitrogens with one attached hydrogen (secondary N) is 1. The summed E-state index contributed by atoms with van der Waals surface area (Å²) in [6.45, 7) is 3.47. The van der Waals surface area contributed by atoms with E-state index in [1.54, 1.807) is 12.2 Å². The monoisotopic (exact) mass is 181 g/mol. The highest BCUT2D eigenvalue weighted by Gasteiger charge is 2.34. The SMILES string of the molecule is C=CCOC(=O)C1(O)C=CC=CN1. The molecule has 4 heteroatoms. The van der Waals surface area contributed by atoms with Crippen LogP contribution in [0.1, 0.15) is 0 Å². The predicted molar refractivity (Wildman–Crippen MR) is 47.5 cm³/mol. The van der Waals surface area contributed by atoms with Crippen LogP contribution in [0.4, 0.5) is 0 Å². The number of hydrogen-bond donors (Lipinski definition) is 2. The third kappa shape index (κ3) is 2.19. The molecule has 0 radical (unpaired) electrons. The van der Waals surface area contributed by atoms with E-state index >= 15 is 0 Å². The number of esters is 1. The van der Waals surface area contributed by atoms with E-state index in [4.69, 9.17) is 0 Å². The molecule has 0 bridgehead atoms. The van der Waals surface area contributed by atoms with E-state index in [9.17, 15) is 9.90 Å². The summed E-state index contributed by atoms with van der Waals surface area (Å²) >= 11 is 0. The Labute approximate surface area is 76.2 Å². The maximum Gasteiger partial charge on any atom is 0.364 e. The molecule has 0 aromatic carbocycles. The van der Waals surface area contributed by atoms with Gasteiger partial charge in [-0.2, -0.15) is 0 Å². The molecule has 0 aromatic heterocycles. The molecule has 13 heavy (non-hydrogen) atoms. The molecule has 0 aromatic rings. The van der Waals surface area contributed by atoms with Crippen LogP contribution in [-0.4, -0.2) is 23.4 Å². The number of allylic oxidation sites excluding steroid dienone is 2. The maximum absolute atomic E-state index is 11.2. The molecule has 2 N–H and O–H groups in total. The molecule has 0 amide bonds. The molecule has 1 unspecified atom stereocenters. The van der Waals surface area contributed by atoms with Crippen LogP contribution in [0.2, 0.25) is 0 Å². The van der Waals surface area contributed by atoms with Crippen LogP contribution < -0.4 is 5.32 Å². The molecular formula is C9H11NO3. The Bertz CT molecular complexity index is 270. The standard InChI is InChI=1S/C9H11NO3/c1-2-7-13-8(11)9(12)5-3-4-6-10-9/h2-6,10,12H,1,7H2. The number of ether oxygens (including phenoxy) is 1. The van der Waals surface area contributed by atoms with Gasteiger partial charge >= 0.3 is 5.97 Å². The Balaban J connectivity index is 2.59. The normalized spacial score (nSPS) is 25.0. The lowest BCUT2D eigenvalue weighted by molar-refractivity contribution is -0.161. The van der Waals surface area contributed by atoms with Gasteiger partial charge in [0, 0.05) is 0 Å². The lowest BCUT2D eigenvalue weighted by Crippen LogP contribution is -2.49. The number of hydrogen-bond acceptors (Lipinski definition) is 4. The first kappa shape index (κ1) is 9.54. The molecule has 70 valence electrons. The van der Waals surface area contributed by atoms with Gasteiger partial charge in [-0.15, -0.1) is 0 Å². The van der Waals surface area contributed by atoms with Crippen molar-refractivity contribution in [1.82, 2.24) is 5.32 Å². The van der Waals surface area contributed by atoms with E-state index in [2.05, 4.69) is 16.6 Å². The first-order valence-electron chi connectivity index (χ1n) is 3.81. The van der Waals surface area contributed by atoms with Gasteiger partial charge in [-0.3, -0.25) is 0 Å². The van der Waals surface area contributed by atoms with E-state index in [0.29, 0.717) is 0 Å². The number of carbonyl (C=O) groups is 1. The molecule has 0 fully saturated rings. The van der Waals surface area contributed by atoms with Crippen molar-refractivity contribution in [2.75, 3.05) is 6.61 Å². The van der Waals surface area contributed by atoms with E-state index in [-0.39, 0.29) is 6.61 Å². The minimum Gasteiger partial charge on any atom is -0.458 e. The van der Waals surface area contributed by atoms with Crippen molar-refractivity contribution in [1.29, 1.82) is 0 Å². The van der Waals surface area contributed by atoms with Crippen molar-refractivity contribution in [3.05, 3.63) is 37.1 Å². The fourth-order valence-electron chi connectivity index (χ4n) is 0.845. The lowest BCUT2D eigenvalue weighted by atomic mass is 10.1. The van der Waals surface area contributed by atoms with Crippen LogP contribution in [-0.2, 0) is 9.53 Å². The Kier molecular flexibility index (Phi) is 2.87. The lowest BCUT2D eigenvalue weighted by Gasteiger charge is -2.23. The van der Waals surface area contributed by atoms with E-state index in [1.165, 1.54) is 18.4 Å². The zero-order chi connectivity index (χ0) is 9.73. The quantitative estimate of drug-likeness (QED) is 0.478. The highest BCUT2D eigenvalue weighted by Crippen LogP contribution is 2.08. The van der Waals surface area contributed by atoms with Crippen molar-refractivity contribution in [3.63, 3.8) is 0 Å². The summed E-state index contributed by atoms with van der Waals surface area (Å²) in [6, 6.07) is 0. The summed E-state index contributed by atoms with van der Waals surface area (Å²) in [5.74, 6) is -0.743. The molecule has 4 nitrogen and oxygen atoms in total. The molecule has 1 aliphatic heterocycles. The predicted octanol–water partition coefficient (Wildman–Crippen LogP) is 0.0773. The Hall–Kier alpha value is -1.55. The van der Waals surface area contributed by atoms with E-state index < -0.39 is 11.7 Å². The molecule has 0 saturated carbocycles. The summed E-state index contributed by atoms with van der Waals surface area (Å²) in [4.78, 5) is 11.2. The van der Waals surface area contributed by atoms with Crippen LogP contribution in [0.25, 0.3) is 0 Å². The summed E-state index contributed by atoms with van der Waals surface area (Å²) in [7, 11) is 0. The van der Waals surface area contributed by atoms with Gasteiger partial charge in [0.25, 0.3) is 5.72 Å². The molecule has 1 atom stereocenters. The van der Waals surface area contributed by atoms with Crippen LogP contribution in [0.3, 0.4) is 0 Å². The first-order valence-corrected chi connectivity index (χ1v) is 3.81. The van der Waals surface area contributed by atoms with Gasteiger partial charge in [0.2, 0.25) is 0 Å². The third-order valence-electron chi connectivity index (χ3n) is 1.49. The van der Waals surface area contributed by atoms with Crippen LogP contribution in [0, 0.1) is 0 Å². The van der Waals surface area contributed by atoms with Crippen molar-refractivity contribution in [2.45, 2.75) is 5.72 Å². The highest BCUT2D eigenvalue weighted by atomic mass is 16.6. The largest absolute Gasteiger partial charge is 0.458 e. The molecule has 1 rings (SSSR count). The smallest absolute Gasteiger partial charge is 0.364 e. The van der Waals surface area contributed by atoms with Crippen LogP contribution >= 0.6 is 0 Å². The fourth-order valence-corrected chi connectivity index (χ4v) is 0.845. The minimum atomic E-state index is -1.74. The second-order valence-corrected chi connectivity index (χ2v) is 2.52. The zero-order valence-corrected chi connectivity index (χ0v) is 7.06. The Morgan fingerprint density at radius 1 is 1.69 bits per heavy atom. The fraction of sp³-hybridized carbons (Fsp3) is 0.222. The summed E-state index contributed by atoms with van der Waals surface area (Å²) in [6.07, 6.45) is 7.44.